The van der Waals surface area contributed by atoms with Gasteiger partial charge in [-0.2, -0.15) is 0 Å². The number of benzene rings is 2. The molecule has 0 bridgehead atoms. The van der Waals surface area contributed by atoms with Crippen molar-refractivity contribution in [2.45, 2.75) is 13.8 Å². The van der Waals surface area contributed by atoms with E-state index in [0.717, 1.165) is 16.8 Å². The number of carbonyl (C=O) groups excluding carboxylic acids is 1. The fourth-order valence-corrected chi connectivity index (χ4v) is 1.97. The third-order valence-corrected chi connectivity index (χ3v) is 3.37. The second-order valence-corrected chi connectivity index (χ2v) is 4.92. The van der Waals surface area contributed by atoms with Crippen molar-refractivity contribution in [3.8, 4) is 0 Å². The van der Waals surface area contributed by atoms with Crippen molar-refractivity contribution in [2.24, 2.45) is 0 Å². The van der Waals surface area contributed by atoms with Gasteiger partial charge in [0, 0.05) is 23.9 Å². The van der Waals surface area contributed by atoms with Crippen LogP contribution < -0.4 is 5.32 Å². The van der Waals surface area contributed by atoms with Crippen LogP contribution in [0.15, 0.2) is 48.5 Å². The maximum absolute atomic E-state index is 11.9. The van der Waals surface area contributed by atoms with Gasteiger partial charge in [0.15, 0.2) is 0 Å². The second kappa shape index (κ2) is 6.67. The third kappa shape index (κ3) is 3.79. The smallest absolute Gasteiger partial charge is 0.270 e. The lowest BCUT2D eigenvalue weighted by atomic mass is 10.1. The Morgan fingerprint density at radius 1 is 1.18 bits per heavy atom. The fraction of sp³-hybridized carbons (Fsp3) is 0.118. The summed E-state index contributed by atoms with van der Waals surface area (Å²) in [6.07, 6.45) is 2.91. The molecule has 5 heteroatoms. The van der Waals surface area contributed by atoms with Crippen LogP contribution in [0.5, 0.6) is 0 Å². The molecule has 0 spiro atoms. The minimum atomic E-state index is -0.465. The number of anilines is 1. The van der Waals surface area contributed by atoms with Crippen LogP contribution in [0.25, 0.3) is 6.08 Å². The number of nitro benzene ring substituents is 1. The van der Waals surface area contributed by atoms with Gasteiger partial charge >= 0.3 is 0 Å². The van der Waals surface area contributed by atoms with Gasteiger partial charge in [-0.25, -0.2) is 0 Å². The number of rotatable bonds is 4. The molecule has 0 aromatic heterocycles. The van der Waals surface area contributed by atoms with Gasteiger partial charge in [-0.3, -0.25) is 14.9 Å². The minimum absolute atomic E-state index is 0.00270. The molecule has 0 aliphatic rings. The average molecular weight is 296 g/mol. The van der Waals surface area contributed by atoms with Gasteiger partial charge in [0.25, 0.3) is 5.69 Å². The molecule has 0 saturated carbocycles. The number of hydrogen-bond acceptors (Lipinski definition) is 3. The van der Waals surface area contributed by atoms with E-state index in [2.05, 4.69) is 5.32 Å². The predicted octanol–water partition coefficient (Wildman–Crippen LogP) is 3.86. The maximum atomic E-state index is 11.9. The first-order valence-corrected chi connectivity index (χ1v) is 6.77. The number of amides is 1. The topological polar surface area (TPSA) is 72.2 Å². The number of nitro groups is 1. The monoisotopic (exact) mass is 296 g/mol. The molecule has 22 heavy (non-hydrogen) atoms. The Labute approximate surface area is 128 Å². The SMILES string of the molecule is Cc1cccc(NC(=O)C=Cc2cccc([N+](=O)[O-])c2)c1C. The first-order chi connectivity index (χ1) is 10.5. The van der Waals surface area contributed by atoms with Gasteiger partial charge in [0.1, 0.15) is 0 Å². The molecular weight excluding hydrogens is 280 g/mol. The molecule has 2 aromatic rings. The van der Waals surface area contributed by atoms with Crippen LogP contribution in [0.4, 0.5) is 11.4 Å². The summed E-state index contributed by atoms with van der Waals surface area (Å²) in [7, 11) is 0. The Bertz CT molecular complexity index is 751. The number of aryl methyl sites for hydroxylation is 1. The van der Waals surface area contributed by atoms with E-state index in [1.54, 1.807) is 18.2 Å². The summed E-state index contributed by atoms with van der Waals surface area (Å²) in [5, 5.41) is 13.5. The van der Waals surface area contributed by atoms with Crippen molar-refractivity contribution in [3.63, 3.8) is 0 Å². The summed E-state index contributed by atoms with van der Waals surface area (Å²) in [5.74, 6) is -0.278. The molecule has 112 valence electrons. The van der Waals surface area contributed by atoms with E-state index in [-0.39, 0.29) is 11.6 Å². The van der Waals surface area contributed by atoms with Gasteiger partial charge in [0.2, 0.25) is 5.91 Å². The molecule has 0 unspecified atom stereocenters. The zero-order valence-electron chi connectivity index (χ0n) is 12.4. The summed E-state index contributed by atoms with van der Waals surface area (Å²) in [5.41, 5.74) is 3.47. The zero-order chi connectivity index (χ0) is 16.1. The highest BCUT2D eigenvalue weighted by molar-refractivity contribution is 6.02. The Kier molecular flexibility index (Phi) is 4.68. The summed E-state index contributed by atoms with van der Waals surface area (Å²) in [4.78, 5) is 22.2. The summed E-state index contributed by atoms with van der Waals surface area (Å²) in [6.45, 7) is 3.92. The molecule has 1 N–H and O–H groups in total. The highest BCUT2D eigenvalue weighted by Gasteiger charge is 2.05. The fourth-order valence-electron chi connectivity index (χ4n) is 1.97. The Hall–Kier alpha value is -2.95. The zero-order valence-corrected chi connectivity index (χ0v) is 12.4. The summed E-state index contributed by atoms with van der Waals surface area (Å²) in [6, 6.07) is 11.8. The van der Waals surface area contributed by atoms with E-state index in [9.17, 15) is 14.9 Å². The second-order valence-electron chi connectivity index (χ2n) is 4.92. The molecule has 0 radical (unpaired) electrons. The highest BCUT2D eigenvalue weighted by atomic mass is 16.6. The standard InChI is InChI=1S/C17H16N2O3/c1-12-5-3-8-16(13(12)2)18-17(20)10-9-14-6-4-7-15(11-14)19(21)22/h3-11H,1-2H3,(H,18,20). The third-order valence-electron chi connectivity index (χ3n) is 3.37. The van der Waals surface area contributed by atoms with Crippen molar-refractivity contribution in [2.75, 3.05) is 5.32 Å². The van der Waals surface area contributed by atoms with Crippen molar-refractivity contribution in [3.05, 3.63) is 75.3 Å². The van der Waals surface area contributed by atoms with Crippen LogP contribution in [0.2, 0.25) is 0 Å². The first-order valence-electron chi connectivity index (χ1n) is 6.77. The molecule has 0 atom stereocenters. The molecule has 2 rings (SSSR count). The lowest BCUT2D eigenvalue weighted by molar-refractivity contribution is -0.384. The largest absolute Gasteiger partial charge is 0.322 e. The van der Waals surface area contributed by atoms with E-state index >= 15 is 0 Å². The van der Waals surface area contributed by atoms with Crippen LogP contribution in [-0.4, -0.2) is 10.8 Å². The van der Waals surface area contributed by atoms with Crippen molar-refractivity contribution >= 4 is 23.4 Å². The number of nitrogens with zero attached hydrogens (tertiary/aromatic N) is 1. The Balaban J connectivity index is 2.10. The van der Waals surface area contributed by atoms with Crippen LogP contribution in [0, 0.1) is 24.0 Å². The highest BCUT2D eigenvalue weighted by Crippen LogP contribution is 2.18. The van der Waals surface area contributed by atoms with Crippen LogP contribution in [-0.2, 0) is 4.79 Å². The number of hydrogen-bond donors (Lipinski definition) is 1. The molecule has 2 aromatic carbocycles. The molecule has 0 saturated heterocycles. The number of non-ortho nitro benzene ring substituents is 1. The lowest BCUT2D eigenvalue weighted by Crippen LogP contribution is -2.09. The Morgan fingerprint density at radius 2 is 1.91 bits per heavy atom. The summed E-state index contributed by atoms with van der Waals surface area (Å²) >= 11 is 0. The van der Waals surface area contributed by atoms with Gasteiger partial charge < -0.3 is 5.32 Å². The van der Waals surface area contributed by atoms with Crippen molar-refractivity contribution in [1.29, 1.82) is 0 Å². The maximum Gasteiger partial charge on any atom is 0.270 e. The van der Waals surface area contributed by atoms with E-state index in [1.165, 1.54) is 18.2 Å². The molecule has 5 nitrogen and oxygen atoms in total. The van der Waals surface area contributed by atoms with Gasteiger partial charge in [0.05, 0.1) is 4.92 Å². The lowest BCUT2D eigenvalue weighted by Gasteiger charge is -2.08. The van der Waals surface area contributed by atoms with Crippen LogP contribution in [0.3, 0.4) is 0 Å². The number of nitrogens with one attached hydrogen (secondary N) is 1. The molecule has 0 aliphatic heterocycles. The van der Waals surface area contributed by atoms with E-state index in [0.29, 0.717) is 5.56 Å². The first kappa shape index (κ1) is 15.4. The molecular formula is C17H16N2O3. The molecule has 0 aliphatic carbocycles. The Morgan fingerprint density at radius 3 is 2.64 bits per heavy atom. The van der Waals surface area contributed by atoms with Gasteiger partial charge in [-0.1, -0.05) is 24.3 Å². The van der Waals surface area contributed by atoms with E-state index in [1.807, 2.05) is 32.0 Å². The van der Waals surface area contributed by atoms with Crippen molar-refractivity contribution in [1.82, 2.24) is 0 Å². The summed E-state index contributed by atoms with van der Waals surface area (Å²) < 4.78 is 0. The van der Waals surface area contributed by atoms with E-state index in [4.69, 9.17) is 0 Å². The predicted molar refractivity (Wildman–Crippen MR) is 86.7 cm³/mol. The molecule has 0 heterocycles. The van der Waals surface area contributed by atoms with Crippen molar-refractivity contribution < 1.29 is 9.72 Å². The normalized spacial score (nSPS) is 10.6. The van der Waals surface area contributed by atoms with E-state index < -0.39 is 4.92 Å². The average Bonchev–Trinajstić information content (AvgIpc) is 2.50. The van der Waals surface area contributed by atoms with Crippen LogP contribution in [0.1, 0.15) is 16.7 Å². The quantitative estimate of drug-likeness (QED) is 0.529. The number of carbonyl (C=O) groups is 1. The molecule has 0 fully saturated rings. The van der Waals surface area contributed by atoms with Gasteiger partial charge in [-0.05, 0) is 42.7 Å². The minimum Gasteiger partial charge on any atom is -0.322 e. The molecule has 1 amide bonds. The van der Waals surface area contributed by atoms with Gasteiger partial charge in [-0.15, -0.1) is 0 Å². The van der Waals surface area contributed by atoms with Crippen LogP contribution >= 0.6 is 0 Å².